The minimum absolute atomic E-state index is 0.329. The van der Waals surface area contributed by atoms with E-state index < -0.39 is 5.97 Å². The summed E-state index contributed by atoms with van der Waals surface area (Å²) in [6.45, 7) is 0. The third-order valence-electron chi connectivity index (χ3n) is 2.26. The Morgan fingerprint density at radius 3 is 3.00 bits per heavy atom. The third kappa shape index (κ3) is 3.81. The second-order valence-corrected chi connectivity index (χ2v) is 3.45. The van der Waals surface area contributed by atoms with Crippen LogP contribution in [0.3, 0.4) is 0 Å². The molecule has 1 aromatic heterocycles. The topological polar surface area (TPSA) is 56.3 Å². The van der Waals surface area contributed by atoms with Gasteiger partial charge in [0.2, 0.25) is 0 Å². The number of aldehydes is 1. The predicted octanol–water partition coefficient (Wildman–Crippen LogP) is 1.78. The molecular formula is C12H15NO3. The fourth-order valence-electron chi connectivity index (χ4n) is 1.40. The maximum absolute atomic E-state index is 11.2. The molecule has 0 saturated heterocycles. The lowest BCUT2D eigenvalue weighted by molar-refractivity contribution is -0.107. The zero-order valence-electron chi connectivity index (χ0n) is 9.31. The number of rotatable bonds is 6. The van der Waals surface area contributed by atoms with Gasteiger partial charge in [-0.25, -0.2) is 9.78 Å². The van der Waals surface area contributed by atoms with Crippen molar-refractivity contribution in [1.29, 1.82) is 0 Å². The number of carbonyl (C=O) groups is 2. The Morgan fingerprint density at radius 1 is 1.50 bits per heavy atom. The van der Waals surface area contributed by atoms with Gasteiger partial charge in [-0.3, -0.25) is 0 Å². The Morgan fingerprint density at radius 2 is 2.31 bits per heavy atom. The highest BCUT2D eigenvalue weighted by Gasteiger charge is 2.06. The van der Waals surface area contributed by atoms with Crippen molar-refractivity contribution in [3.05, 3.63) is 29.6 Å². The van der Waals surface area contributed by atoms with Crippen molar-refractivity contribution in [3.8, 4) is 0 Å². The number of aryl methyl sites for hydroxylation is 1. The first-order valence-electron chi connectivity index (χ1n) is 5.25. The Labute approximate surface area is 94.6 Å². The van der Waals surface area contributed by atoms with E-state index in [1.54, 1.807) is 12.3 Å². The van der Waals surface area contributed by atoms with Gasteiger partial charge in [-0.15, -0.1) is 0 Å². The summed E-state index contributed by atoms with van der Waals surface area (Å²) in [6.07, 6.45) is 5.77. The number of pyridine rings is 1. The highest BCUT2D eigenvalue weighted by Crippen LogP contribution is 2.08. The molecule has 4 nitrogen and oxygen atoms in total. The van der Waals surface area contributed by atoms with Crippen LogP contribution in [0.2, 0.25) is 0 Å². The van der Waals surface area contributed by atoms with E-state index in [0.717, 1.165) is 31.1 Å². The lowest BCUT2D eigenvalue weighted by Crippen LogP contribution is -2.04. The maximum atomic E-state index is 11.2. The third-order valence-corrected chi connectivity index (χ3v) is 2.26. The van der Waals surface area contributed by atoms with E-state index in [2.05, 4.69) is 9.72 Å². The van der Waals surface area contributed by atoms with Crippen molar-refractivity contribution >= 4 is 12.3 Å². The molecule has 0 aliphatic rings. The van der Waals surface area contributed by atoms with Crippen LogP contribution >= 0.6 is 0 Å². The molecule has 0 saturated carbocycles. The van der Waals surface area contributed by atoms with Crippen LogP contribution in [0.5, 0.6) is 0 Å². The first-order chi connectivity index (χ1) is 7.77. The van der Waals surface area contributed by atoms with Crippen molar-refractivity contribution in [1.82, 2.24) is 4.98 Å². The van der Waals surface area contributed by atoms with Crippen molar-refractivity contribution in [2.75, 3.05) is 7.11 Å². The molecule has 1 aromatic rings. The van der Waals surface area contributed by atoms with E-state index in [1.165, 1.54) is 7.11 Å². The smallest absolute Gasteiger partial charge is 0.356 e. The van der Waals surface area contributed by atoms with Gasteiger partial charge in [-0.2, -0.15) is 0 Å². The van der Waals surface area contributed by atoms with E-state index >= 15 is 0 Å². The SMILES string of the molecule is COC(=O)c1cc(CCCCC=O)ccn1. The number of methoxy groups -OCH3 is 1. The molecule has 4 heteroatoms. The van der Waals surface area contributed by atoms with Crippen molar-refractivity contribution < 1.29 is 14.3 Å². The molecule has 0 amide bonds. The van der Waals surface area contributed by atoms with Gasteiger partial charge in [0, 0.05) is 12.6 Å². The lowest BCUT2D eigenvalue weighted by Gasteiger charge is -2.02. The van der Waals surface area contributed by atoms with Gasteiger partial charge in [0.1, 0.15) is 12.0 Å². The molecule has 1 rings (SSSR count). The van der Waals surface area contributed by atoms with Crippen LogP contribution in [0.15, 0.2) is 18.3 Å². The molecule has 0 aliphatic carbocycles. The number of carbonyl (C=O) groups excluding carboxylic acids is 2. The molecule has 0 unspecified atom stereocenters. The van der Waals surface area contributed by atoms with Gasteiger partial charge < -0.3 is 9.53 Å². The van der Waals surface area contributed by atoms with Crippen molar-refractivity contribution in [2.45, 2.75) is 25.7 Å². The summed E-state index contributed by atoms with van der Waals surface area (Å²) < 4.78 is 4.59. The number of ether oxygens (including phenoxy) is 1. The van der Waals surface area contributed by atoms with Crippen molar-refractivity contribution in [2.24, 2.45) is 0 Å². The van der Waals surface area contributed by atoms with E-state index in [4.69, 9.17) is 0 Å². The van der Waals surface area contributed by atoms with Crippen LogP contribution < -0.4 is 0 Å². The molecule has 0 aromatic carbocycles. The highest BCUT2D eigenvalue weighted by molar-refractivity contribution is 5.87. The van der Waals surface area contributed by atoms with Crippen LogP contribution in [0.4, 0.5) is 0 Å². The fraction of sp³-hybridized carbons (Fsp3) is 0.417. The Bertz CT molecular complexity index is 363. The molecule has 86 valence electrons. The first-order valence-corrected chi connectivity index (χ1v) is 5.25. The number of nitrogens with zero attached hydrogens (tertiary/aromatic N) is 1. The van der Waals surface area contributed by atoms with Crippen LogP contribution in [0.25, 0.3) is 0 Å². The van der Waals surface area contributed by atoms with Gasteiger partial charge in [-0.05, 0) is 37.0 Å². The van der Waals surface area contributed by atoms with E-state index in [-0.39, 0.29) is 0 Å². The summed E-state index contributed by atoms with van der Waals surface area (Å²) in [5.41, 5.74) is 1.37. The van der Waals surface area contributed by atoms with Gasteiger partial charge in [0.25, 0.3) is 0 Å². The zero-order valence-corrected chi connectivity index (χ0v) is 9.31. The van der Waals surface area contributed by atoms with Gasteiger partial charge >= 0.3 is 5.97 Å². The number of aromatic nitrogens is 1. The van der Waals surface area contributed by atoms with Gasteiger partial charge in [-0.1, -0.05) is 0 Å². The monoisotopic (exact) mass is 221 g/mol. The van der Waals surface area contributed by atoms with Crippen LogP contribution in [-0.4, -0.2) is 24.3 Å². The number of esters is 1. The molecule has 0 N–H and O–H groups in total. The Kier molecular flexibility index (Phi) is 5.19. The number of unbranched alkanes of at least 4 members (excludes halogenated alkanes) is 2. The van der Waals surface area contributed by atoms with Crippen molar-refractivity contribution in [3.63, 3.8) is 0 Å². The molecule has 0 radical (unpaired) electrons. The van der Waals surface area contributed by atoms with Crippen LogP contribution in [0.1, 0.15) is 35.3 Å². The zero-order chi connectivity index (χ0) is 11.8. The molecule has 0 fully saturated rings. The molecular weight excluding hydrogens is 206 g/mol. The fourth-order valence-corrected chi connectivity index (χ4v) is 1.40. The average molecular weight is 221 g/mol. The molecule has 0 spiro atoms. The summed E-state index contributed by atoms with van der Waals surface area (Å²) in [5.74, 6) is -0.422. The number of hydrogen-bond donors (Lipinski definition) is 0. The summed E-state index contributed by atoms with van der Waals surface area (Å²) in [5, 5.41) is 0. The minimum Gasteiger partial charge on any atom is -0.464 e. The van der Waals surface area contributed by atoms with Gasteiger partial charge in [0.15, 0.2) is 0 Å². The van der Waals surface area contributed by atoms with Crippen LogP contribution in [-0.2, 0) is 16.0 Å². The quantitative estimate of drug-likeness (QED) is 0.417. The largest absolute Gasteiger partial charge is 0.464 e. The first kappa shape index (κ1) is 12.4. The predicted molar refractivity (Wildman–Crippen MR) is 59.2 cm³/mol. The minimum atomic E-state index is -0.422. The Balaban J connectivity index is 2.53. The summed E-state index contributed by atoms with van der Waals surface area (Å²) in [7, 11) is 1.33. The molecule has 0 atom stereocenters. The molecule has 0 aliphatic heterocycles. The summed E-state index contributed by atoms with van der Waals surface area (Å²) >= 11 is 0. The van der Waals surface area contributed by atoms with E-state index in [0.29, 0.717) is 12.1 Å². The molecule has 0 bridgehead atoms. The standard InChI is InChI=1S/C12H15NO3/c1-16-12(15)11-9-10(6-7-13-11)5-3-2-4-8-14/h6-9H,2-5H2,1H3. The summed E-state index contributed by atoms with van der Waals surface area (Å²) in [6, 6.07) is 3.60. The molecule has 16 heavy (non-hydrogen) atoms. The summed E-state index contributed by atoms with van der Waals surface area (Å²) in [4.78, 5) is 25.3. The molecule has 1 heterocycles. The highest BCUT2D eigenvalue weighted by atomic mass is 16.5. The maximum Gasteiger partial charge on any atom is 0.356 e. The second-order valence-electron chi connectivity index (χ2n) is 3.45. The van der Waals surface area contributed by atoms with E-state index in [9.17, 15) is 9.59 Å². The second kappa shape index (κ2) is 6.71. The normalized spacial score (nSPS) is 9.81. The Hall–Kier alpha value is -1.71. The van der Waals surface area contributed by atoms with E-state index in [1.807, 2.05) is 6.07 Å². The van der Waals surface area contributed by atoms with Crippen LogP contribution in [0, 0.1) is 0 Å². The lowest BCUT2D eigenvalue weighted by atomic mass is 10.1. The number of hydrogen-bond acceptors (Lipinski definition) is 4. The average Bonchev–Trinajstić information content (AvgIpc) is 2.34. The van der Waals surface area contributed by atoms with Gasteiger partial charge in [0.05, 0.1) is 7.11 Å².